The fourth-order valence-corrected chi connectivity index (χ4v) is 4.90. The third kappa shape index (κ3) is 2.94. The molecule has 1 fully saturated rings. The average molecular weight is 367 g/mol. The lowest BCUT2D eigenvalue weighted by Gasteiger charge is -2.10. The monoisotopic (exact) mass is 366 g/mol. The number of benzene rings is 1. The van der Waals surface area contributed by atoms with Crippen LogP contribution in [0.3, 0.4) is 0 Å². The minimum Gasteiger partial charge on any atom is -0.397 e. The number of carbonyl (C=O) groups is 1. The second kappa shape index (κ2) is 5.97. The van der Waals surface area contributed by atoms with Gasteiger partial charge in [0.05, 0.1) is 5.69 Å². The second-order valence-electron chi connectivity index (χ2n) is 5.95. The highest BCUT2D eigenvalue weighted by Gasteiger charge is 2.23. The molecule has 3 rings (SSSR count). The van der Waals surface area contributed by atoms with Crippen molar-refractivity contribution in [2.45, 2.75) is 26.2 Å². The molecule has 0 bridgehead atoms. The molecule has 3 nitrogen and oxygen atoms in total. The summed E-state index contributed by atoms with van der Waals surface area (Å²) in [6, 6.07) is 5.91. The third-order valence-electron chi connectivity index (χ3n) is 4.26. The average Bonchev–Trinajstić information content (AvgIpc) is 3.01. The van der Waals surface area contributed by atoms with Crippen molar-refractivity contribution >= 4 is 48.9 Å². The predicted octanol–water partition coefficient (Wildman–Crippen LogP) is 4.41. The molecule has 21 heavy (non-hydrogen) atoms. The van der Waals surface area contributed by atoms with E-state index in [1.165, 1.54) is 30.6 Å². The first-order valence-electron chi connectivity index (χ1n) is 7.31. The van der Waals surface area contributed by atoms with E-state index in [1.54, 1.807) is 0 Å². The van der Waals surface area contributed by atoms with E-state index >= 15 is 0 Å². The van der Waals surface area contributed by atoms with Gasteiger partial charge in [-0.05, 0) is 36.8 Å². The quantitative estimate of drug-likeness (QED) is 0.844. The maximum atomic E-state index is 12.4. The Hall–Kier alpha value is -1.07. The molecule has 112 valence electrons. The van der Waals surface area contributed by atoms with Crippen molar-refractivity contribution in [3.63, 3.8) is 0 Å². The lowest BCUT2D eigenvalue weighted by molar-refractivity contribution is 0.0952. The Morgan fingerprint density at radius 3 is 2.95 bits per heavy atom. The first-order valence-corrected chi connectivity index (χ1v) is 8.92. The van der Waals surface area contributed by atoms with Gasteiger partial charge >= 0.3 is 0 Å². The Morgan fingerprint density at radius 2 is 2.29 bits per heavy atom. The predicted molar refractivity (Wildman–Crippen MR) is 92.8 cm³/mol. The molecule has 0 aliphatic heterocycles. The number of nitrogen functional groups attached to an aromatic ring is 1. The number of thiophene rings is 1. The van der Waals surface area contributed by atoms with E-state index in [9.17, 15) is 4.79 Å². The van der Waals surface area contributed by atoms with Crippen LogP contribution in [0.2, 0.25) is 0 Å². The van der Waals surface area contributed by atoms with E-state index in [1.807, 2.05) is 18.2 Å². The van der Waals surface area contributed by atoms with Crippen LogP contribution in [-0.4, -0.2) is 12.5 Å². The van der Waals surface area contributed by atoms with Gasteiger partial charge in [0, 0.05) is 21.1 Å². The minimum atomic E-state index is -0.0415. The van der Waals surface area contributed by atoms with Gasteiger partial charge in [0.25, 0.3) is 5.91 Å². The van der Waals surface area contributed by atoms with E-state index < -0.39 is 0 Å². The van der Waals surface area contributed by atoms with Crippen LogP contribution in [0.15, 0.2) is 22.7 Å². The molecule has 0 spiro atoms. The molecule has 1 amide bonds. The Labute approximate surface area is 137 Å². The van der Waals surface area contributed by atoms with Gasteiger partial charge in [0.2, 0.25) is 0 Å². The number of anilines is 1. The summed E-state index contributed by atoms with van der Waals surface area (Å²) in [5.74, 6) is 1.36. The van der Waals surface area contributed by atoms with E-state index in [0.717, 1.165) is 27.0 Å². The van der Waals surface area contributed by atoms with Gasteiger partial charge in [0.15, 0.2) is 0 Å². The van der Waals surface area contributed by atoms with Crippen LogP contribution in [0.5, 0.6) is 0 Å². The molecule has 2 unspecified atom stereocenters. The van der Waals surface area contributed by atoms with Crippen LogP contribution in [0.25, 0.3) is 10.1 Å². The van der Waals surface area contributed by atoms with Crippen molar-refractivity contribution in [1.29, 1.82) is 0 Å². The Balaban J connectivity index is 1.76. The topological polar surface area (TPSA) is 55.1 Å². The van der Waals surface area contributed by atoms with Crippen molar-refractivity contribution in [3.05, 3.63) is 27.5 Å². The maximum absolute atomic E-state index is 12.4. The van der Waals surface area contributed by atoms with E-state index in [-0.39, 0.29) is 5.91 Å². The standard InChI is InChI=1S/C16H19BrN2OS/c1-9-5-6-10(7-9)8-19-16(20)15-14(18)13-11(17)3-2-4-12(13)21-15/h2-4,9-10H,5-8,18H2,1H3,(H,19,20). The first kappa shape index (κ1) is 14.9. The number of hydrogen-bond donors (Lipinski definition) is 2. The summed E-state index contributed by atoms with van der Waals surface area (Å²) < 4.78 is 1.99. The van der Waals surface area contributed by atoms with Crippen LogP contribution in [-0.2, 0) is 0 Å². The molecule has 0 radical (unpaired) electrons. The van der Waals surface area contributed by atoms with Crippen LogP contribution < -0.4 is 11.1 Å². The van der Waals surface area contributed by atoms with Gasteiger partial charge in [-0.2, -0.15) is 0 Å². The largest absolute Gasteiger partial charge is 0.397 e. The number of amides is 1. The van der Waals surface area contributed by atoms with Crippen LogP contribution >= 0.6 is 27.3 Å². The first-order chi connectivity index (χ1) is 10.1. The van der Waals surface area contributed by atoms with Crippen molar-refractivity contribution in [2.24, 2.45) is 11.8 Å². The summed E-state index contributed by atoms with van der Waals surface area (Å²) in [7, 11) is 0. The highest BCUT2D eigenvalue weighted by Crippen LogP contribution is 2.38. The Kier molecular flexibility index (Phi) is 4.22. The SMILES string of the molecule is CC1CCC(CNC(=O)c2sc3cccc(Br)c3c2N)C1. The molecule has 1 saturated carbocycles. The maximum Gasteiger partial charge on any atom is 0.263 e. The summed E-state index contributed by atoms with van der Waals surface area (Å²) in [6.45, 7) is 3.04. The van der Waals surface area contributed by atoms with Gasteiger partial charge in [-0.25, -0.2) is 0 Å². The molecule has 1 aromatic carbocycles. The zero-order chi connectivity index (χ0) is 15.0. The molecule has 1 aliphatic rings. The van der Waals surface area contributed by atoms with Gasteiger partial charge in [-0.1, -0.05) is 35.3 Å². The number of rotatable bonds is 3. The molecule has 1 heterocycles. The summed E-state index contributed by atoms with van der Waals surface area (Å²) in [4.78, 5) is 13.0. The van der Waals surface area contributed by atoms with Crippen LogP contribution in [0, 0.1) is 11.8 Å². The fourth-order valence-electron chi connectivity index (χ4n) is 3.13. The van der Waals surface area contributed by atoms with Gasteiger partial charge in [0.1, 0.15) is 4.88 Å². The molecule has 1 aromatic heterocycles. The van der Waals surface area contributed by atoms with Crippen molar-refractivity contribution in [2.75, 3.05) is 12.3 Å². The highest BCUT2D eigenvalue weighted by atomic mass is 79.9. The summed E-state index contributed by atoms with van der Waals surface area (Å²) >= 11 is 4.97. The summed E-state index contributed by atoms with van der Waals surface area (Å²) in [5, 5.41) is 4.01. The molecular weight excluding hydrogens is 348 g/mol. The smallest absolute Gasteiger partial charge is 0.263 e. The number of fused-ring (bicyclic) bond motifs is 1. The third-order valence-corrected chi connectivity index (χ3v) is 6.09. The molecule has 0 saturated heterocycles. The lowest BCUT2D eigenvalue weighted by atomic mass is 10.1. The van der Waals surface area contributed by atoms with Gasteiger partial charge in [-0.3, -0.25) is 4.79 Å². The van der Waals surface area contributed by atoms with Gasteiger partial charge < -0.3 is 11.1 Å². The molecule has 5 heteroatoms. The van der Waals surface area contributed by atoms with E-state index in [0.29, 0.717) is 16.5 Å². The second-order valence-corrected chi connectivity index (χ2v) is 7.86. The van der Waals surface area contributed by atoms with E-state index in [4.69, 9.17) is 5.73 Å². The van der Waals surface area contributed by atoms with Crippen molar-refractivity contribution in [1.82, 2.24) is 5.32 Å². The summed E-state index contributed by atoms with van der Waals surface area (Å²) in [6.07, 6.45) is 3.71. The van der Waals surface area contributed by atoms with Crippen LogP contribution in [0.4, 0.5) is 5.69 Å². The number of halogens is 1. The lowest BCUT2D eigenvalue weighted by Crippen LogP contribution is -2.28. The summed E-state index contributed by atoms with van der Waals surface area (Å²) in [5.41, 5.74) is 6.75. The number of nitrogens with two attached hydrogens (primary N) is 1. The zero-order valence-electron chi connectivity index (χ0n) is 12.0. The van der Waals surface area contributed by atoms with Crippen molar-refractivity contribution in [3.8, 4) is 0 Å². The highest BCUT2D eigenvalue weighted by molar-refractivity contribution is 9.10. The normalized spacial score (nSPS) is 21.8. The zero-order valence-corrected chi connectivity index (χ0v) is 14.4. The fraction of sp³-hybridized carbons (Fsp3) is 0.438. The molecule has 2 aromatic rings. The van der Waals surface area contributed by atoms with Crippen molar-refractivity contribution < 1.29 is 4.79 Å². The van der Waals surface area contributed by atoms with Gasteiger partial charge in [-0.15, -0.1) is 11.3 Å². The van der Waals surface area contributed by atoms with Crippen LogP contribution in [0.1, 0.15) is 35.9 Å². The minimum absolute atomic E-state index is 0.0415. The molecule has 2 atom stereocenters. The number of nitrogens with one attached hydrogen (secondary N) is 1. The van der Waals surface area contributed by atoms with E-state index in [2.05, 4.69) is 28.2 Å². The Morgan fingerprint density at radius 1 is 1.48 bits per heavy atom. The number of carbonyl (C=O) groups excluding carboxylic acids is 1. The molecule has 1 aliphatic carbocycles. The molecular formula is C16H19BrN2OS. The Bertz CT molecular complexity index is 682. The number of hydrogen-bond acceptors (Lipinski definition) is 3. The molecule has 3 N–H and O–H groups in total.